The van der Waals surface area contributed by atoms with E-state index in [1.807, 2.05) is 41.3 Å². The van der Waals surface area contributed by atoms with Gasteiger partial charge in [0.15, 0.2) is 9.84 Å². The molecule has 1 amide bonds. The van der Waals surface area contributed by atoms with Crippen molar-refractivity contribution in [3.63, 3.8) is 0 Å². The van der Waals surface area contributed by atoms with Crippen LogP contribution in [0.15, 0.2) is 48.7 Å². The monoisotopic (exact) mass is 442 g/mol. The fourth-order valence-electron chi connectivity index (χ4n) is 4.30. The summed E-state index contributed by atoms with van der Waals surface area (Å²) in [6.07, 6.45) is 5.44. The number of carbonyl (C=O) groups excluding carboxylic acids is 1. The van der Waals surface area contributed by atoms with Crippen molar-refractivity contribution in [1.29, 1.82) is 0 Å². The molecule has 2 aliphatic rings. The number of benzene rings is 1. The quantitative estimate of drug-likeness (QED) is 0.738. The van der Waals surface area contributed by atoms with E-state index in [9.17, 15) is 13.2 Å². The van der Waals surface area contributed by atoms with Gasteiger partial charge in [0, 0.05) is 38.9 Å². The molecule has 3 heterocycles. The van der Waals surface area contributed by atoms with Gasteiger partial charge in [-0.2, -0.15) is 0 Å². The largest absolute Gasteiger partial charge is 0.357 e. The number of amides is 1. The van der Waals surface area contributed by atoms with Gasteiger partial charge in [-0.25, -0.2) is 13.4 Å². The van der Waals surface area contributed by atoms with Crippen molar-refractivity contribution in [3.8, 4) is 0 Å². The van der Waals surface area contributed by atoms with E-state index in [0.717, 1.165) is 30.0 Å². The molecule has 0 radical (unpaired) electrons. The van der Waals surface area contributed by atoms with Crippen molar-refractivity contribution in [2.75, 3.05) is 42.6 Å². The second-order valence-electron chi connectivity index (χ2n) is 8.29. The lowest BCUT2D eigenvalue weighted by molar-refractivity contribution is -0.126. The van der Waals surface area contributed by atoms with E-state index in [1.165, 1.54) is 19.3 Å². The molecule has 2 aromatic rings. The lowest BCUT2D eigenvalue weighted by Gasteiger charge is -2.33. The fraction of sp³-hybridized carbons (Fsp3) is 0.478. The van der Waals surface area contributed by atoms with Gasteiger partial charge in [0.1, 0.15) is 11.9 Å². The van der Waals surface area contributed by atoms with Crippen molar-refractivity contribution in [1.82, 2.24) is 15.2 Å². The van der Waals surface area contributed by atoms with Crippen LogP contribution < -0.4 is 10.2 Å². The third kappa shape index (κ3) is 5.62. The molecule has 0 aliphatic carbocycles. The van der Waals surface area contributed by atoms with Crippen LogP contribution >= 0.6 is 0 Å². The molecule has 7 nitrogen and oxygen atoms in total. The highest BCUT2D eigenvalue weighted by Gasteiger charge is 2.32. The molecule has 31 heavy (non-hydrogen) atoms. The summed E-state index contributed by atoms with van der Waals surface area (Å²) < 4.78 is 23.7. The lowest BCUT2D eigenvalue weighted by atomic mass is 10.0. The van der Waals surface area contributed by atoms with Gasteiger partial charge in [0.2, 0.25) is 5.91 Å². The summed E-state index contributed by atoms with van der Waals surface area (Å²) in [7, 11) is -3.01. The van der Waals surface area contributed by atoms with Gasteiger partial charge in [-0.15, -0.1) is 0 Å². The van der Waals surface area contributed by atoms with Crippen molar-refractivity contribution >= 4 is 21.6 Å². The first-order valence-corrected chi connectivity index (χ1v) is 12.8. The Balaban J connectivity index is 1.45. The highest BCUT2D eigenvalue weighted by atomic mass is 32.2. The maximum atomic E-state index is 13.2. The Morgan fingerprint density at radius 1 is 1.00 bits per heavy atom. The molecule has 2 fully saturated rings. The summed E-state index contributed by atoms with van der Waals surface area (Å²) in [6.45, 7) is 3.19. The number of hydrogen-bond acceptors (Lipinski definition) is 6. The average Bonchev–Trinajstić information content (AvgIpc) is 2.80. The van der Waals surface area contributed by atoms with Crippen LogP contribution in [0.2, 0.25) is 0 Å². The number of nitrogens with one attached hydrogen (secondary N) is 1. The van der Waals surface area contributed by atoms with E-state index in [1.54, 1.807) is 6.20 Å². The molecule has 1 atom stereocenters. The number of sulfone groups is 1. The molecule has 1 aromatic carbocycles. The zero-order chi connectivity index (χ0) is 21.7. The number of pyridine rings is 1. The first-order valence-electron chi connectivity index (χ1n) is 11.0. The molecular formula is C23H30N4O3S. The Kier molecular flexibility index (Phi) is 6.87. The summed E-state index contributed by atoms with van der Waals surface area (Å²) in [5.41, 5.74) is 1.89. The van der Waals surface area contributed by atoms with E-state index < -0.39 is 15.9 Å². The zero-order valence-corrected chi connectivity index (χ0v) is 18.6. The van der Waals surface area contributed by atoms with Gasteiger partial charge in [-0.3, -0.25) is 9.69 Å². The molecule has 1 N–H and O–H groups in total. The average molecular weight is 443 g/mol. The number of anilines is 1. The van der Waals surface area contributed by atoms with Crippen LogP contribution in [0.5, 0.6) is 0 Å². The van der Waals surface area contributed by atoms with Crippen LogP contribution in [0, 0.1) is 0 Å². The van der Waals surface area contributed by atoms with Crippen LogP contribution in [0.1, 0.15) is 36.4 Å². The Bertz CT molecular complexity index is 977. The van der Waals surface area contributed by atoms with E-state index in [2.05, 4.69) is 21.3 Å². The molecule has 0 saturated carbocycles. The summed E-state index contributed by atoms with van der Waals surface area (Å²) in [5.74, 6) is 1.04. The molecule has 2 aliphatic heterocycles. The Morgan fingerprint density at radius 3 is 2.42 bits per heavy atom. The van der Waals surface area contributed by atoms with Crippen molar-refractivity contribution in [2.45, 2.75) is 31.8 Å². The molecule has 0 bridgehead atoms. The van der Waals surface area contributed by atoms with Gasteiger partial charge in [0.25, 0.3) is 0 Å². The Labute approximate surface area is 184 Å². The molecule has 1 unspecified atom stereocenters. The predicted molar refractivity (Wildman–Crippen MR) is 122 cm³/mol. The number of nitrogens with zero attached hydrogens (tertiary/aromatic N) is 3. The van der Waals surface area contributed by atoms with Gasteiger partial charge in [-0.1, -0.05) is 30.3 Å². The molecule has 8 heteroatoms. The van der Waals surface area contributed by atoms with E-state index in [-0.39, 0.29) is 17.4 Å². The first kappa shape index (κ1) is 21.8. The van der Waals surface area contributed by atoms with Gasteiger partial charge in [-0.05, 0) is 42.5 Å². The third-order valence-electron chi connectivity index (χ3n) is 6.06. The fourth-order valence-corrected chi connectivity index (χ4v) is 5.53. The predicted octanol–water partition coefficient (Wildman–Crippen LogP) is 2.16. The minimum atomic E-state index is -3.01. The van der Waals surface area contributed by atoms with Crippen molar-refractivity contribution in [2.24, 2.45) is 0 Å². The normalized spacial score (nSPS) is 20.2. The summed E-state index contributed by atoms with van der Waals surface area (Å²) >= 11 is 0. The molecule has 166 valence electrons. The maximum Gasteiger partial charge on any atom is 0.242 e. The summed E-state index contributed by atoms with van der Waals surface area (Å²) in [5, 5.41) is 3.07. The Hall–Kier alpha value is -2.45. The van der Waals surface area contributed by atoms with Crippen molar-refractivity contribution in [3.05, 3.63) is 59.8 Å². The highest BCUT2D eigenvalue weighted by Crippen LogP contribution is 2.24. The van der Waals surface area contributed by atoms with E-state index in [4.69, 9.17) is 0 Å². The smallest absolute Gasteiger partial charge is 0.242 e. The van der Waals surface area contributed by atoms with Crippen LogP contribution in [0.25, 0.3) is 0 Å². The molecule has 4 rings (SSSR count). The number of aromatic nitrogens is 1. The number of piperidine rings is 1. The van der Waals surface area contributed by atoms with E-state index in [0.29, 0.717) is 19.6 Å². The minimum absolute atomic E-state index is 0.0904. The molecule has 1 aromatic heterocycles. The standard InChI is InChI=1S/C23H30N4O3S/c28-23(25-18-19-9-10-24-21(17-19)26-11-5-2-6-12-26)22(20-7-3-1-4-8-20)27-13-15-31(29,30)16-14-27/h1,3-4,7-10,17,22H,2,5-6,11-16,18H2,(H,25,28). The van der Waals surface area contributed by atoms with Gasteiger partial charge < -0.3 is 10.2 Å². The molecule has 2 saturated heterocycles. The van der Waals surface area contributed by atoms with Crippen LogP contribution in [-0.4, -0.2) is 61.9 Å². The topological polar surface area (TPSA) is 82.6 Å². The third-order valence-corrected chi connectivity index (χ3v) is 7.67. The minimum Gasteiger partial charge on any atom is -0.357 e. The summed E-state index contributed by atoms with van der Waals surface area (Å²) in [4.78, 5) is 22.0. The summed E-state index contributed by atoms with van der Waals surface area (Å²) in [6, 6.07) is 13.1. The highest BCUT2D eigenvalue weighted by molar-refractivity contribution is 7.91. The number of carbonyl (C=O) groups is 1. The SMILES string of the molecule is O=C(NCc1ccnc(N2CCCCC2)c1)C(c1ccccc1)N1CCS(=O)(=O)CC1. The molecular weight excluding hydrogens is 412 g/mol. The maximum absolute atomic E-state index is 13.2. The second kappa shape index (κ2) is 9.78. The van der Waals surface area contributed by atoms with Gasteiger partial charge in [0.05, 0.1) is 11.5 Å². The second-order valence-corrected chi connectivity index (χ2v) is 10.6. The zero-order valence-electron chi connectivity index (χ0n) is 17.7. The van der Waals surface area contributed by atoms with Crippen LogP contribution in [0.3, 0.4) is 0 Å². The van der Waals surface area contributed by atoms with Crippen molar-refractivity contribution < 1.29 is 13.2 Å². The van der Waals surface area contributed by atoms with Gasteiger partial charge >= 0.3 is 0 Å². The molecule has 0 spiro atoms. The number of rotatable bonds is 6. The van der Waals surface area contributed by atoms with Crippen LogP contribution in [0.4, 0.5) is 5.82 Å². The first-order chi connectivity index (χ1) is 15.0. The van der Waals surface area contributed by atoms with E-state index >= 15 is 0 Å². The van der Waals surface area contributed by atoms with Crippen LogP contribution in [-0.2, 0) is 21.2 Å². The lowest BCUT2D eigenvalue weighted by Crippen LogP contribution is -2.47. The number of hydrogen-bond donors (Lipinski definition) is 1. The Morgan fingerprint density at radius 2 is 1.71 bits per heavy atom.